The SMILES string of the molecule is N#Cc1cccc(C(NC(=O)[C@@H]2CCCN2C2CCCCC2)C(c2cccnc2)c2cccnc2)c1. The molecule has 1 N–H and O–H groups in total. The highest BCUT2D eigenvalue weighted by atomic mass is 16.2. The van der Waals surface area contributed by atoms with Crippen LogP contribution in [-0.2, 0) is 4.79 Å². The van der Waals surface area contributed by atoms with E-state index in [1.165, 1.54) is 32.1 Å². The first-order chi connectivity index (χ1) is 17.7. The van der Waals surface area contributed by atoms with Gasteiger partial charge < -0.3 is 5.32 Å². The Morgan fingerprint density at radius 3 is 2.25 bits per heavy atom. The second-order valence-electron chi connectivity index (χ2n) is 9.96. The number of benzene rings is 1. The Morgan fingerprint density at radius 1 is 0.917 bits per heavy atom. The maximum atomic E-state index is 14.0. The molecule has 1 aliphatic carbocycles. The van der Waals surface area contributed by atoms with Crippen LogP contribution in [0.4, 0.5) is 0 Å². The lowest BCUT2D eigenvalue weighted by molar-refractivity contribution is -0.127. The normalized spacial score (nSPS) is 19.6. The molecule has 3 aromatic rings. The highest BCUT2D eigenvalue weighted by molar-refractivity contribution is 5.82. The van der Waals surface area contributed by atoms with Crippen LogP contribution in [0.25, 0.3) is 0 Å². The van der Waals surface area contributed by atoms with E-state index in [0.717, 1.165) is 36.1 Å². The molecule has 3 heterocycles. The summed E-state index contributed by atoms with van der Waals surface area (Å²) in [5.74, 6) is -0.127. The quantitative estimate of drug-likeness (QED) is 0.508. The van der Waals surface area contributed by atoms with Crippen molar-refractivity contribution in [3.8, 4) is 6.07 Å². The van der Waals surface area contributed by atoms with Crippen molar-refractivity contribution in [1.29, 1.82) is 5.26 Å². The van der Waals surface area contributed by atoms with E-state index in [1.807, 2.05) is 54.9 Å². The predicted molar refractivity (Wildman–Crippen MR) is 139 cm³/mol. The van der Waals surface area contributed by atoms with Gasteiger partial charge in [0.1, 0.15) is 0 Å². The van der Waals surface area contributed by atoms with Crippen LogP contribution in [0.15, 0.2) is 73.3 Å². The summed E-state index contributed by atoms with van der Waals surface area (Å²) >= 11 is 0. The lowest BCUT2D eigenvalue weighted by atomic mass is 9.82. The summed E-state index contributed by atoms with van der Waals surface area (Å²) in [5, 5.41) is 13.0. The number of hydrogen-bond donors (Lipinski definition) is 1. The topological polar surface area (TPSA) is 81.9 Å². The zero-order valence-corrected chi connectivity index (χ0v) is 20.6. The maximum Gasteiger partial charge on any atom is 0.237 e. The predicted octanol–water partition coefficient (Wildman–Crippen LogP) is 5.13. The van der Waals surface area contributed by atoms with Crippen LogP contribution in [0.2, 0.25) is 0 Å². The second kappa shape index (κ2) is 11.5. The lowest BCUT2D eigenvalue weighted by Gasteiger charge is -2.36. The summed E-state index contributed by atoms with van der Waals surface area (Å²) < 4.78 is 0. The van der Waals surface area contributed by atoms with Crippen LogP contribution < -0.4 is 5.32 Å². The van der Waals surface area contributed by atoms with Gasteiger partial charge in [0.25, 0.3) is 0 Å². The monoisotopic (exact) mass is 479 g/mol. The Balaban J connectivity index is 1.52. The Morgan fingerprint density at radius 2 is 1.61 bits per heavy atom. The van der Waals surface area contributed by atoms with Crippen molar-refractivity contribution in [3.05, 3.63) is 95.6 Å². The number of amides is 1. The Labute approximate surface area is 213 Å². The zero-order valence-electron chi connectivity index (χ0n) is 20.6. The van der Waals surface area contributed by atoms with E-state index in [0.29, 0.717) is 11.6 Å². The van der Waals surface area contributed by atoms with Gasteiger partial charge in [0.15, 0.2) is 0 Å². The van der Waals surface area contributed by atoms with Crippen LogP contribution >= 0.6 is 0 Å². The molecule has 2 aliphatic rings. The molecule has 0 radical (unpaired) electrons. The molecule has 184 valence electrons. The van der Waals surface area contributed by atoms with Gasteiger partial charge >= 0.3 is 0 Å². The van der Waals surface area contributed by atoms with Gasteiger partial charge in [0.2, 0.25) is 5.91 Å². The molecule has 2 fully saturated rings. The molecule has 1 unspecified atom stereocenters. The van der Waals surface area contributed by atoms with E-state index in [4.69, 9.17) is 0 Å². The molecule has 1 saturated carbocycles. The number of carbonyl (C=O) groups is 1. The van der Waals surface area contributed by atoms with E-state index < -0.39 is 0 Å². The number of pyridine rings is 2. The largest absolute Gasteiger partial charge is 0.347 e. The molecular weight excluding hydrogens is 446 g/mol. The third kappa shape index (κ3) is 5.32. The average Bonchev–Trinajstić information content (AvgIpc) is 3.45. The fourth-order valence-electron chi connectivity index (χ4n) is 6.03. The number of carbonyl (C=O) groups excluding carboxylic acids is 1. The fraction of sp³-hybridized carbons (Fsp3) is 0.400. The molecule has 6 heteroatoms. The van der Waals surface area contributed by atoms with Crippen LogP contribution in [0.1, 0.15) is 79.2 Å². The average molecular weight is 480 g/mol. The molecule has 6 nitrogen and oxygen atoms in total. The first-order valence-corrected chi connectivity index (χ1v) is 13.1. The summed E-state index contributed by atoms with van der Waals surface area (Å²) in [7, 11) is 0. The van der Waals surface area contributed by atoms with Crippen LogP contribution in [0, 0.1) is 11.3 Å². The number of likely N-dealkylation sites (tertiary alicyclic amines) is 1. The second-order valence-corrected chi connectivity index (χ2v) is 9.96. The smallest absolute Gasteiger partial charge is 0.237 e. The van der Waals surface area contributed by atoms with Gasteiger partial charge in [-0.1, -0.05) is 43.5 Å². The van der Waals surface area contributed by atoms with Crippen molar-refractivity contribution in [2.75, 3.05) is 6.54 Å². The molecule has 2 aromatic heterocycles. The maximum absolute atomic E-state index is 14.0. The van der Waals surface area contributed by atoms with Crippen LogP contribution in [0.3, 0.4) is 0 Å². The molecule has 5 rings (SSSR count). The van der Waals surface area contributed by atoms with E-state index in [2.05, 4.69) is 26.3 Å². The van der Waals surface area contributed by atoms with E-state index >= 15 is 0 Å². The van der Waals surface area contributed by atoms with Gasteiger partial charge in [-0.15, -0.1) is 0 Å². The molecule has 1 aromatic carbocycles. The number of hydrogen-bond acceptors (Lipinski definition) is 5. The van der Waals surface area contributed by atoms with Gasteiger partial charge in [-0.2, -0.15) is 5.26 Å². The van der Waals surface area contributed by atoms with Crippen molar-refractivity contribution >= 4 is 5.91 Å². The minimum absolute atomic E-state index is 0.0724. The minimum atomic E-state index is -0.368. The third-order valence-corrected chi connectivity index (χ3v) is 7.73. The molecule has 0 spiro atoms. The number of nitriles is 1. The van der Waals surface area contributed by atoms with E-state index in [1.54, 1.807) is 18.5 Å². The van der Waals surface area contributed by atoms with Crippen molar-refractivity contribution in [2.45, 2.75) is 69.0 Å². The van der Waals surface area contributed by atoms with Gasteiger partial charge in [0.05, 0.1) is 23.7 Å². The Bertz CT molecular complexity index is 1150. The number of nitrogens with one attached hydrogen (secondary N) is 1. The summed E-state index contributed by atoms with van der Waals surface area (Å²) in [6.07, 6.45) is 15.3. The Kier molecular flexibility index (Phi) is 7.68. The van der Waals surface area contributed by atoms with E-state index in [9.17, 15) is 10.1 Å². The van der Waals surface area contributed by atoms with Crippen molar-refractivity contribution in [2.24, 2.45) is 0 Å². The molecular formula is C30H33N5O. The van der Waals surface area contributed by atoms with E-state index in [-0.39, 0.29) is 23.9 Å². The number of aromatic nitrogens is 2. The fourth-order valence-corrected chi connectivity index (χ4v) is 6.03. The number of rotatable bonds is 7. The van der Waals surface area contributed by atoms with Gasteiger partial charge in [-0.25, -0.2) is 0 Å². The Hall–Kier alpha value is -3.56. The van der Waals surface area contributed by atoms with Gasteiger partial charge in [-0.3, -0.25) is 19.7 Å². The highest BCUT2D eigenvalue weighted by Gasteiger charge is 2.38. The molecule has 0 bridgehead atoms. The van der Waals surface area contributed by atoms with Gasteiger partial charge in [0, 0.05) is 36.7 Å². The molecule has 1 aliphatic heterocycles. The number of nitrogens with zero attached hydrogens (tertiary/aromatic N) is 4. The summed E-state index contributed by atoms with van der Waals surface area (Å²) in [6, 6.07) is 17.8. The van der Waals surface area contributed by atoms with Crippen molar-refractivity contribution in [1.82, 2.24) is 20.2 Å². The molecule has 1 amide bonds. The highest BCUT2D eigenvalue weighted by Crippen LogP contribution is 2.37. The third-order valence-electron chi connectivity index (χ3n) is 7.73. The van der Waals surface area contributed by atoms with Crippen LogP contribution in [-0.4, -0.2) is 39.4 Å². The summed E-state index contributed by atoms with van der Waals surface area (Å²) in [6.45, 7) is 0.992. The molecule has 2 atom stereocenters. The summed E-state index contributed by atoms with van der Waals surface area (Å²) in [5.41, 5.74) is 3.47. The summed E-state index contributed by atoms with van der Waals surface area (Å²) in [4.78, 5) is 25.2. The molecule has 36 heavy (non-hydrogen) atoms. The van der Waals surface area contributed by atoms with Gasteiger partial charge in [-0.05, 0) is 73.2 Å². The first kappa shape index (κ1) is 24.1. The zero-order chi connectivity index (χ0) is 24.7. The minimum Gasteiger partial charge on any atom is -0.347 e. The standard InChI is InChI=1S/C30H33N5O/c31-19-22-8-4-9-23(18-22)29(28(24-10-5-15-32-20-24)25-11-6-16-33-21-25)34-30(36)27-14-7-17-35(27)26-12-2-1-3-13-26/h4-6,8-11,15-16,18,20-21,26-29H,1-3,7,12-14,17H2,(H,34,36)/t27-,29?/m0/s1. The van der Waals surface area contributed by atoms with Crippen LogP contribution in [0.5, 0.6) is 0 Å². The lowest BCUT2D eigenvalue weighted by Crippen LogP contribution is -2.49. The van der Waals surface area contributed by atoms with Crippen molar-refractivity contribution < 1.29 is 4.79 Å². The molecule has 1 saturated heterocycles. The van der Waals surface area contributed by atoms with Crippen molar-refractivity contribution in [3.63, 3.8) is 0 Å². The first-order valence-electron chi connectivity index (χ1n) is 13.1.